The Hall–Kier alpha value is -1.25. The molecule has 4 heteroatoms. The summed E-state index contributed by atoms with van der Waals surface area (Å²) in [6.45, 7) is 0. The van der Waals surface area contributed by atoms with Crippen LogP contribution in [0.4, 0.5) is 4.39 Å². The Morgan fingerprint density at radius 2 is 1.76 bits per heavy atom. The average Bonchev–Trinajstić information content (AvgIpc) is 2.53. The first-order valence-corrected chi connectivity index (χ1v) is 7.71. The van der Waals surface area contributed by atoms with Crippen molar-refractivity contribution in [3.05, 3.63) is 65.5 Å². The lowest BCUT2D eigenvalue weighted by Crippen LogP contribution is -2.33. The molecule has 0 radical (unpaired) electrons. The van der Waals surface area contributed by atoms with Gasteiger partial charge < -0.3 is 4.74 Å². The average molecular weight is 327 g/mol. The van der Waals surface area contributed by atoms with E-state index in [0.29, 0.717) is 18.2 Å². The van der Waals surface area contributed by atoms with Gasteiger partial charge in [0.25, 0.3) is 0 Å². The summed E-state index contributed by atoms with van der Waals surface area (Å²) in [5.41, 5.74) is 1.37. The van der Waals surface area contributed by atoms with Crippen molar-refractivity contribution in [2.75, 3.05) is 18.9 Å². The van der Waals surface area contributed by atoms with Gasteiger partial charge in [-0.3, -0.25) is 0 Å². The first-order valence-electron chi connectivity index (χ1n) is 6.64. The molecule has 0 spiro atoms. The topological polar surface area (TPSA) is 9.23 Å². The molecule has 0 saturated heterocycles. The van der Waals surface area contributed by atoms with Crippen molar-refractivity contribution in [1.29, 1.82) is 0 Å². The molecule has 0 saturated carbocycles. The van der Waals surface area contributed by atoms with Gasteiger partial charge in [0.05, 0.1) is 7.11 Å². The molecular formula is C17H17Cl2FO. The predicted molar refractivity (Wildman–Crippen MR) is 86.2 cm³/mol. The lowest BCUT2D eigenvalue weighted by atomic mass is 9.78. The molecule has 0 N–H and O–H groups in total. The number of ether oxygens (including phenoxy) is 1. The van der Waals surface area contributed by atoms with Crippen LogP contribution < -0.4 is 4.74 Å². The Bertz CT molecular complexity index is 597. The monoisotopic (exact) mass is 326 g/mol. The maximum Gasteiger partial charge on any atom is 0.123 e. The van der Waals surface area contributed by atoms with Crippen molar-refractivity contribution in [2.45, 2.75) is 11.8 Å². The van der Waals surface area contributed by atoms with Crippen molar-refractivity contribution in [3.63, 3.8) is 0 Å². The molecule has 0 aliphatic heterocycles. The van der Waals surface area contributed by atoms with Gasteiger partial charge in [-0.15, -0.1) is 23.2 Å². The molecule has 0 amide bonds. The fourth-order valence-corrected chi connectivity index (χ4v) is 3.16. The largest absolute Gasteiger partial charge is 0.497 e. The number of halogens is 3. The van der Waals surface area contributed by atoms with Crippen LogP contribution in [0.2, 0.25) is 0 Å². The van der Waals surface area contributed by atoms with Gasteiger partial charge in [0, 0.05) is 17.2 Å². The molecule has 21 heavy (non-hydrogen) atoms. The Kier molecular flexibility index (Phi) is 5.49. The molecule has 112 valence electrons. The molecule has 0 unspecified atom stereocenters. The van der Waals surface area contributed by atoms with E-state index in [9.17, 15) is 4.39 Å². The summed E-state index contributed by atoms with van der Waals surface area (Å²) in [6.07, 6.45) is 0.626. The van der Waals surface area contributed by atoms with E-state index in [2.05, 4.69) is 0 Å². The Balaban J connectivity index is 2.38. The predicted octanol–water partition coefficient (Wildman–Crippen LogP) is 4.79. The van der Waals surface area contributed by atoms with Gasteiger partial charge in [0.15, 0.2) is 0 Å². The number of hydrogen-bond acceptors (Lipinski definition) is 1. The highest BCUT2D eigenvalue weighted by Gasteiger charge is 2.31. The van der Waals surface area contributed by atoms with Crippen LogP contribution in [0, 0.1) is 5.82 Å². The van der Waals surface area contributed by atoms with Gasteiger partial charge in [0.2, 0.25) is 0 Å². The van der Waals surface area contributed by atoms with Crippen LogP contribution in [0.1, 0.15) is 11.1 Å². The molecule has 0 aromatic heterocycles. The number of rotatable bonds is 6. The molecule has 0 aliphatic carbocycles. The summed E-state index contributed by atoms with van der Waals surface area (Å²) < 4.78 is 18.8. The Morgan fingerprint density at radius 1 is 1.05 bits per heavy atom. The van der Waals surface area contributed by atoms with Crippen molar-refractivity contribution >= 4 is 23.2 Å². The highest BCUT2D eigenvalue weighted by atomic mass is 35.5. The van der Waals surface area contributed by atoms with E-state index in [0.717, 1.165) is 16.9 Å². The molecule has 1 nitrogen and oxygen atoms in total. The smallest absolute Gasteiger partial charge is 0.123 e. The van der Waals surface area contributed by atoms with E-state index in [1.54, 1.807) is 13.2 Å². The maximum absolute atomic E-state index is 13.5. The lowest BCUT2D eigenvalue weighted by molar-refractivity contribution is 0.413. The molecule has 0 fully saturated rings. The highest BCUT2D eigenvalue weighted by Crippen LogP contribution is 2.33. The van der Waals surface area contributed by atoms with Gasteiger partial charge in [-0.1, -0.05) is 24.3 Å². The Morgan fingerprint density at radius 3 is 2.38 bits per heavy atom. The third-order valence-corrected chi connectivity index (χ3v) is 4.65. The molecule has 2 aromatic rings. The van der Waals surface area contributed by atoms with Crippen LogP contribution >= 0.6 is 23.2 Å². The number of methoxy groups -OCH3 is 1. The summed E-state index contributed by atoms with van der Waals surface area (Å²) in [5.74, 6) is 1.14. The van der Waals surface area contributed by atoms with Gasteiger partial charge in [-0.2, -0.15) is 0 Å². The van der Waals surface area contributed by atoms with Crippen LogP contribution in [0.25, 0.3) is 0 Å². The summed E-state index contributed by atoms with van der Waals surface area (Å²) >= 11 is 12.4. The summed E-state index contributed by atoms with van der Waals surface area (Å²) in [7, 11) is 1.63. The zero-order chi connectivity index (χ0) is 15.3. The van der Waals surface area contributed by atoms with Crippen molar-refractivity contribution in [2.24, 2.45) is 0 Å². The van der Waals surface area contributed by atoms with Gasteiger partial charge in [-0.05, 0) is 41.8 Å². The van der Waals surface area contributed by atoms with Gasteiger partial charge in [-0.25, -0.2) is 4.39 Å². The lowest BCUT2D eigenvalue weighted by Gasteiger charge is -2.30. The number of alkyl halides is 2. The van der Waals surface area contributed by atoms with Crippen molar-refractivity contribution in [3.8, 4) is 5.75 Å². The summed E-state index contributed by atoms with van der Waals surface area (Å²) in [5, 5.41) is 0. The van der Waals surface area contributed by atoms with Crippen LogP contribution in [0.3, 0.4) is 0 Å². The van der Waals surface area contributed by atoms with E-state index in [4.69, 9.17) is 27.9 Å². The van der Waals surface area contributed by atoms with Crippen LogP contribution in [0.15, 0.2) is 48.5 Å². The molecule has 0 bridgehead atoms. The minimum Gasteiger partial charge on any atom is -0.497 e. The molecular weight excluding hydrogens is 310 g/mol. The van der Waals surface area contributed by atoms with Crippen LogP contribution in [0.5, 0.6) is 5.75 Å². The third-order valence-electron chi connectivity index (χ3n) is 3.63. The summed E-state index contributed by atoms with van der Waals surface area (Å²) in [4.78, 5) is 0. The molecule has 2 rings (SSSR count). The highest BCUT2D eigenvalue weighted by molar-refractivity contribution is 6.22. The molecule has 0 heterocycles. The second-order valence-electron chi connectivity index (χ2n) is 5.09. The molecule has 0 aliphatic rings. The van der Waals surface area contributed by atoms with E-state index in [1.165, 1.54) is 12.1 Å². The van der Waals surface area contributed by atoms with E-state index in [1.807, 2.05) is 30.3 Å². The van der Waals surface area contributed by atoms with E-state index >= 15 is 0 Å². The molecule has 0 atom stereocenters. The number of benzene rings is 2. The minimum atomic E-state index is -0.502. The normalized spacial score (nSPS) is 11.4. The number of hydrogen-bond donors (Lipinski definition) is 0. The van der Waals surface area contributed by atoms with Crippen molar-refractivity contribution < 1.29 is 9.13 Å². The van der Waals surface area contributed by atoms with Crippen LogP contribution in [-0.4, -0.2) is 18.9 Å². The maximum atomic E-state index is 13.5. The fraction of sp³-hybridized carbons (Fsp3) is 0.294. The second kappa shape index (κ2) is 7.15. The minimum absolute atomic E-state index is 0.280. The quantitative estimate of drug-likeness (QED) is 0.693. The standard InChI is InChI=1S/C17H17Cl2FO/c1-21-16-7-2-4-13(8-16)10-17(11-18,12-19)14-5-3-6-15(20)9-14/h2-9H,10-12H2,1H3. The van der Waals surface area contributed by atoms with E-state index in [-0.39, 0.29) is 5.82 Å². The van der Waals surface area contributed by atoms with Gasteiger partial charge >= 0.3 is 0 Å². The third kappa shape index (κ3) is 3.69. The SMILES string of the molecule is COc1cccc(CC(CCl)(CCl)c2cccc(F)c2)c1. The molecule has 2 aromatic carbocycles. The van der Waals surface area contributed by atoms with Crippen molar-refractivity contribution in [1.82, 2.24) is 0 Å². The first kappa shape index (κ1) is 16.1. The Labute approximate surface area is 134 Å². The van der Waals surface area contributed by atoms with Gasteiger partial charge in [0.1, 0.15) is 11.6 Å². The zero-order valence-electron chi connectivity index (χ0n) is 11.8. The fourth-order valence-electron chi connectivity index (χ4n) is 2.38. The van der Waals surface area contributed by atoms with E-state index < -0.39 is 5.41 Å². The zero-order valence-corrected chi connectivity index (χ0v) is 13.3. The first-order chi connectivity index (χ1) is 10.1. The van der Waals surface area contributed by atoms with Crippen LogP contribution in [-0.2, 0) is 11.8 Å². The summed E-state index contributed by atoms with van der Waals surface area (Å²) in [6, 6.07) is 14.2. The second-order valence-corrected chi connectivity index (χ2v) is 5.62.